The second-order valence-corrected chi connectivity index (χ2v) is 6.17. The molecule has 142 valence electrons. The van der Waals surface area contributed by atoms with Gasteiger partial charge in [0.25, 0.3) is 5.56 Å². The fraction of sp³-hybridized carbons (Fsp3) is 0.158. The molecule has 0 unspecified atom stereocenters. The lowest BCUT2D eigenvalue weighted by atomic mass is 10.0. The molecule has 9 nitrogen and oxygen atoms in total. The first-order chi connectivity index (χ1) is 13.6. The highest BCUT2D eigenvalue weighted by molar-refractivity contribution is 5.96. The largest absolute Gasteiger partial charge is 0.465 e. The number of hydrogen-bond acceptors (Lipinski definition) is 5. The number of amides is 1. The van der Waals surface area contributed by atoms with Crippen molar-refractivity contribution in [2.24, 2.45) is 0 Å². The van der Waals surface area contributed by atoms with Gasteiger partial charge in [-0.25, -0.2) is 19.8 Å². The van der Waals surface area contributed by atoms with Crippen LogP contribution in [0.2, 0.25) is 0 Å². The van der Waals surface area contributed by atoms with Gasteiger partial charge in [0.15, 0.2) is 0 Å². The lowest BCUT2D eigenvalue weighted by Crippen LogP contribution is -2.33. The molecule has 2 heterocycles. The van der Waals surface area contributed by atoms with E-state index in [1.807, 2.05) is 24.3 Å². The molecule has 0 bridgehead atoms. The third-order valence-electron chi connectivity index (χ3n) is 4.44. The summed E-state index contributed by atoms with van der Waals surface area (Å²) < 4.78 is 4.96. The van der Waals surface area contributed by atoms with E-state index in [2.05, 4.69) is 20.2 Å². The Morgan fingerprint density at radius 1 is 1.21 bits per heavy atom. The third kappa shape index (κ3) is 3.08. The molecular weight excluding hydrogens is 362 g/mol. The Morgan fingerprint density at radius 3 is 2.75 bits per heavy atom. The lowest BCUT2D eigenvalue weighted by Gasteiger charge is -2.14. The number of ether oxygens (including phenoxy) is 1. The number of anilines is 1. The monoisotopic (exact) mass is 379 g/mol. The van der Waals surface area contributed by atoms with Gasteiger partial charge in [0.05, 0.1) is 35.3 Å². The number of imidazole rings is 1. The molecule has 2 aromatic carbocycles. The summed E-state index contributed by atoms with van der Waals surface area (Å²) in [5.74, 6) is 0.219. The third-order valence-corrected chi connectivity index (χ3v) is 4.44. The molecule has 0 saturated heterocycles. The van der Waals surface area contributed by atoms with Crippen LogP contribution in [-0.2, 0) is 4.74 Å². The van der Waals surface area contributed by atoms with Crippen molar-refractivity contribution in [3.05, 3.63) is 52.8 Å². The summed E-state index contributed by atoms with van der Waals surface area (Å²) in [6, 6.07) is 12.7. The average Bonchev–Trinajstić information content (AvgIpc) is 3.11. The molecule has 0 aliphatic carbocycles. The summed E-state index contributed by atoms with van der Waals surface area (Å²) in [6.07, 6.45) is -1.12. The number of benzene rings is 2. The first-order valence-electron chi connectivity index (χ1n) is 8.55. The smallest absolute Gasteiger partial charge is 0.414 e. The van der Waals surface area contributed by atoms with Gasteiger partial charge in [0.1, 0.15) is 0 Å². The van der Waals surface area contributed by atoms with Crippen LogP contribution in [0, 0.1) is 0 Å². The number of methoxy groups -OCH3 is 1. The van der Waals surface area contributed by atoms with Gasteiger partial charge in [0, 0.05) is 18.1 Å². The van der Waals surface area contributed by atoms with Crippen molar-refractivity contribution >= 4 is 33.8 Å². The molecule has 1 amide bonds. The van der Waals surface area contributed by atoms with E-state index >= 15 is 0 Å². The van der Waals surface area contributed by atoms with Crippen LogP contribution < -0.4 is 10.5 Å². The SMILES string of the molecule is COCCN(C(=O)O)c1nc2ccc(-c3n[nH]c(=O)c4ccccc34)cc2[nH]1. The Labute approximate surface area is 158 Å². The Morgan fingerprint density at radius 2 is 2.00 bits per heavy atom. The molecule has 4 aromatic rings. The van der Waals surface area contributed by atoms with E-state index < -0.39 is 6.09 Å². The minimum Gasteiger partial charge on any atom is -0.465 e. The number of carboxylic acid groups (broad SMARTS) is 1. The van der Waals surface area contributed by atoms with Crippen LogP contribution in [0.1, 0.15) is 0 Å². The summed E-state index contributed by atoms with van der Waals surface area (Å²) >= 11 is 0. The van der Waals surface area contributed by atoms with Gasteiger partial charge in [-0.1, -0.05) is 24.3 Å². The molecule has 0 aliphatic heterocycles. The molecule has 28 heavy (non-hydrogen) atoms. The van der Waals surface area contributed by atoms with Crippen LogP contribution in [0.15, 0.2) is 47.3 Å². The number of nitrogens with one attached hydrogen (secondary N) is 2. The van der Waals surface area contributed by atoms with Crippen molar-refractivity contribution in [2.45, 2.75) is 0 Å². The molecule has 3 N–H and O–H groups in total. The normalized spacial score (nSPS) is 11.2. The molecule has 0 aliphatic rings. The predicted octanol–water partition coefficient (Wildman–Crippen LogP) is 2.60. The minimum atomic E-state index is -1.12. The summed E-state index contributed by atoms with van der Waals surface area (Å²) in [5.41, 5.74) is 2.43. The van der Waals surface area contributed by atoms with E-state index in [0.29, 0.717) is 22.1 Å². The molecule has 4 rings (SSSR count). The zero-order valence-corrected chi connectivity index (χ0v) is 15.0. The predicted molar refractivity (Wildman–Crippen MR) is 105 cm³/mol. The topological polar surface area (TPSA) is 124 Å². The van der Waals surface area contributed by atoms with Crippen LogP contribution in [0.3, 0.4) is 0 Å². The fourth-order valence-electron chi connectivity index (χ4n) is 3.08. The highest BCUT2D eigenvalue weighted by atomic mass is 16.5. The van der Waals surface area contributed by atoms with Gasteiger partial charge in [-0.05, 0) is 18.2 Å². The standard InChI is InChI=1S/C19H17N5O4/c1-28-9-8-24(19(26)27)18-20-14-7-6-11(10-15(14)21-18)16-12-4-2-3-5-13(12)17(25)23-22-16/h2-7,10H,8-9H2,1H3,(H,20,21)(H,23,25)(H,26,27). The van der Waals surface area contributed by atoms with Gasteiger partial charge >= 0.3 is 6.09 Å². The van der Waals surface area contributed by atoms with Gasteiger partial charge in [-0.3, -0.25) is 4.79 Å². The highest BCUT2D eigenvalue weighted by Crippen LogP contribution is 2.27. The Bertz CT molecular complexity index is 1230. The maximum Gasteiger partial charge on any atom is 0.414 e. The van der Waals surface area contributed by atoms with Crippen molar-refractivity contribution < 1.29 is 14.6 Å². The fourth-order valence-corrected chi connectivity index (χ4v) is 3.08. The maximum atomic E-state index is 12.0. The first-order valence-corrected chi connectivity index (χ1v) is 8.55. The van der Waals surface area contributed by atoms with Gasteiger partial charge in [-0.2, -0.15) is 5.10 Å². The summed E-state index contributed by atoms with van der Waals surface area (Å²) in [6.45, 7) is 0.409. The number of rotatable bonds is 5. The molecule has 9 heteroatoms. The summed E-state index contributed by atoms with van der Waals surface area (Å²) in [7, 11) is 1.51. The quantitative estimate of drug-likeness (QED) is 0.490. The number of nitrogens with zero attached hydrogens (tertiary/aromatic N) is 3. The maximum absolute atomic E-state index is 12.0. The van der Waals surface area contributed by atoms with E-state index in [1.165, 1.54) is 7.11 Å². The van der Waals surface area contributed by atoms with Crippen molar-refractivity contribution in [1.29, 1.82) is 0 Å². The molecule has 0 fully saturated rings. The van der Waals surface area contributed by atoms with E-state index in [1.54, 1.807) is 18.2 Å². The van der Waals surface area contributed by atoms with Crippen molar-refractivity contribution in [3.8, 4) is 11.3 Å². The number of carbonyl (C=O) groups is 1. The molecule has 0 saturated carbocycles. The van der Waals surface area contributed by atoms with E-state index in [-0.39, 0.29) is 24.7 Å². The number of aromatic amines is 2. The van der Waals surface area contributed by atoms with Gasteiger partial charge in [0.2, 0.25) is 5.95 Å². The van der Waals surface area contributed by atoms with Crippen LogP contribution >= 0.6 is 0 Å². The van der Waals surface area contributed by atoms with Crippen LogP contribution in [-0.4, -0.2) is 51.6 Å². The number of fused-ring (bicyclic) bond motifs is 2. The van der Waals surface area contributed by atoms with E-state index in [4.69, 9.17) is 4.74 Å². The van der Waals surface area contributed by atoms with Crippen LogP contribution in [0.4, 0.5) is 10.7 Å². The van der Waals surface area contributed by atoms with E-state index in [9.17, 15) is 14.7 Å². The Kier molecular flexibility index (Phi) is 4.50. The number of H-pyrrole nitrogens is 2. The van der Waals surface area contributed by atoms with Crippen LogP contribution in [0.25, 0.3) is 33.1 Å². The lowest BCUT2D eigenvalue weighted by molar-refractivity contribution is 0.186. The molecular formula is C19H17N5O4. The Balaban J connectivity index is 1.80. The minimum absolute atomic E-state index is 0.157. The molecule has 0 atom stereocenters. The number of hydrogen-bond donors (Lipinski definition) is 3. The molecule has 0 spiro atoms. The van der Waals surface area contributed by atoms with Crippen LogP contribution in [0.5, 0.6) is 0 Å². The zero-order chi connectivity index (χ0) is 19.7. The summed E-state index contributed by atoms with van der Waals surface area (Å²) in [4.78, 5) is 32.0. The molecule has 2 aromatic heterocycles. The second kappa shape index (κ2) is 7.12. The first kappa shape index (κ1) is 17.7. The number of aromatic nitrogens is 4. The molecule has 0 radical (unpaired) electrons. The zero-order valence-electron chi connectivity index (χ0n) is 15.0. The van der Waals surface area contributed by atoms with Gasteiger partial charge in [-0.15, -0.1) is 0 Å². The second-order valence-electron chi connectivity index (χ2n) is 6.17. The van der Waals surface area contributed by atoms with Crippen molar-refractivity contribution in [2.75, 3.05) is 25.2 Å². The van der Waals surface area contributed by atoms with E-state index in [0.717, 1.165) is 15.8 Å². The Hall–Kier alpha value is -3.72. The average molecular weight is 379 g/mol. The highest BCUT2D eigenvalue weighted by Gasteiger charge is 2.18. The van der Waals surface area contributed by atoms with Crippen molar-refractivity contribution in [1.82, 2.24) is 20.2 Å². The van der Waals surface area contributed by atoms with Gasteiger partial charge < -0.3 is 14.8 Å². The van der Waals surface area contributed by atoms with Crippen molar-refractivity contribution in [3.63, 3.8) is 0 Å². The summed E-state index contributed by atoms with van der Waals surface area (Å²) in [5, 5.41) is 17.4.